The Morgan fingerprint density at radius 2 is 1.71 bits per heavy atom. The highest BCUT2D eigenvalue weighted by Crippen LogP contribution is 2.20. The fourth-order valence-electron chi connectivity index (χ4n) is 2.81. The second kappa shape index (κ2) is 10.2. The molecular formula is C21H27ClFN3O2. The molecular weight excluding hydrogens is 381 g/mol. The van der Waals surface area contributed by atoms with Crippen molar-refractivity contribution in [3.05, 3.63) is 65.0 Å². The predicted octanol–water partition coefficient (Wildman–Crippen LogP) is 4.06. The van der Waals surface area contributed by atoms with E-state index in [-0.39, 0.29) is 23.9 Å². The molecule has 152 valence electrons. The second-order valence-electron chi connectivity index (χ2n) is 6.61. The first-order chi connectivity index (χ1) is 12.9. The Morgan fingerprint density at radius 1 is 1.07 bits per heavy atom. The van der Waals surface area contributed by atoms with Gasteiger partial charge >= 0.3 is 0 Å². The number of nitrogens with two attached hydrogens (primary N) is 1. The summed E-state index contributed by atoms with van der Waals surface area (Å²) in [5.41, 5.74) is 6.97. The molecule has 28 heavy (non-hydrogen) atoms. The van der Waals surface area contributed by atoms with Crippen LogP contribution in [-0.4, -0.2) is 23.9 Å². The lowest BCUT2D eigenvalue weighted by Gasteiger charge is -2.31. The molecule has 2 rings (SSSR count). The van der Waals surface area contributed by atoms with Crippen molar-refractivity contribution >= 4 is 29.9 Å². The van der Waals surface area contributed by atoms with E-state index in [4.69, 9.17) is 5.73 Å². The standard InChI is InChI=1S/C21H26FN3O2.ClH/c1-4-21(5-2,13-23)25-19(26)15-11-10-14(3)18(12-15)24-20(27)16-8-6-7-9-17(16)22;/h6-12H,4-5,13,23H2,1-3H3,(H,24,27)(H,25,26);1H. The van der Waals surface area contributed by atoms with Crippen LogP contribution in [0.3, 0.4) is 0 Å². The average molecular weight is 408 g/mol. The van der Waals surface area contributed by atoms with Crippen LogP contribution in [0.5, 0.6) is 0 Å². The van der Waals surface area contributed by atoms with Crippen LogP contribution >= 0.6 is 12.4 Å². The van der Waals surface area contributed by atoms with Crippen LogP contribution in [0.25, 0.3) is 0 Å². The zero-order valence-corrected chi connectivity index (χ0v) is 17.2. The second-order valence-corrected chi connectivity index (χ2v) is 6.61. The van der Waals surface area contributed by atoms with Crippen LogP contribution in [0.2, 0.25) is 0 Å². The zero-order valence-electron chi connectivity index (χ0n) is 16.3. The highest BCUT2D eigenvalue weighted by molar-refractivity contribution is 6.05. The molecule has 4 N–H and O–H groups in total. The number of halogens is 2. The van der Waals surface area contributed by atoms with Gasteiger partial charge in [0.25, 0.3) is 11.8 Å². The number of nitrogens with one attached hydrogen (secondary N) is 2. The smallest absolute Gasteiger partial charge is 0.258 e. The molecule has 0 bridgehead atoms. The van der Waals surface area contributed by atoms with Gasteiger partial charge < -0.3 is 16.4 Å². The van der Waals surface area contributed by atoms with Crippen LogP contribution in [0.15, 0.2) is 42.5 Å². The normalized spacial score (nSPS) is 10.8. The first kappa shape index (κ1) is 23.6. The number of rotatable bonds is 7. The number of carbonyl (C=O) groups excluding carboxylic acids is 2. The van der Waals surface area contributed by atoms with Crippen LogP contribution in [0.1, 0.15) is 53.0 Å². The number of hydrogen-bond donors (Lipinski definition) is 3. The number of amides is 2. The first-order valence-corrected chi connectivity index (χ1v) is 9.05. The number of benzene rings is 2. The highest BCUT2D eigenvalue weighted by Gasteiger charge is 2.27. The summed E-state index contributed by atoms with van der Waals surface area (Å²) in [6.45, 7) is 6.10. The summed E-state index contributed by atoms with van der Waals surface area (Å²) in [6, 6.07) is 10.8. The van der Waals surface area contributed by atoms with Crippen molar-refractivity contribution in [2.75, 3.05) is 11.9 Å². The maximum atomic E-state index is 13.8. The Balaban J connectivity index is 0.00000392. The third-order valence-corrected chi connectivity index (χ3v) is 4.99. The Labute approximate surface area is 171 Å². The number of anilines is 1. The minimum absolute atomic E-state index is 0. The number of carbonyl (C=O) groups is 2. The van der Waals surface area contributed by atoms with Crippen LogP contribution in [-0.2, 0) is 0 Å². The lowest BCUT2D eigenvalue weighted by atomic mass is 9.92. The van der Waals surface area contributed by atoms with E-state index >= 15 is 0 Å². The molecule has 0 unspecified atom stereocenters. The molecule has 2 amide bonds. The fraction of sp³-hybridized carbons (Fsp3) is 0.333. The Kier molecular flexibility index (Phi) is 8.60. The molecule has 0 fully saturated rings. The van der Waals surface area contributed by atoms with Gasteiger partial charge in [-0.25, -0.2) is 4.39 Å². The molecule has 7 heteroatoms. The van der Waals surface area contributed by atoms with E-state index in [1.54, 1.807) is 31.2 Å². The molecule has 0 aliphatic heterocycles. The quantitative estimate of drug-likeness (QED) is 0.647. The van der Waals surface area contributed by atoms with Gasteiger partial charge in [-0.3, -0.25) is 9.59 Å². The molecule has 0 saturated carbocycles. The third-order valence-electron chi connectivity index (χ3n) is 4.99. The van der Waals surface area contributed by atoms with Crippen LogP contribution in [0.4, 0.5) is 10.1 Å². The molecule has 0 aliphatic carbocycles. The molecule has 0 aliphatic rings. The summed E-state index contributed by atoms with van der Waals surface area (Å²) in [7, 11) is 0. The zero-order chi connectivity index (χ0) is 20.0. The van der Waals surface area contributed by atoms with Crippen molar-refractivity contribution in [3.8, 4) is 0 Å². The molecule has 0 aromatic heterocycles. The van der Waals surface area contributed by atoms with Crippen molar-refractivity contribution < 1.29 is 14.0 Å². The molecule has 0 heterocycles. The van der Waals surface area contributed by atoms with Gasteiger partial charge in [-0.05, 0) is 49.6 Å². The largest absolute Gasteiger partial charge is 0.345 e. The predicted molar refractivity (Wildman–Crippen MR) is 113 cm³/mol. The molecule has 2 aromatic rings. The molecule has 0 atom stereocenters. The van der Waals surface area contributed by atoms with E-state index in [2.05, 4.69) is 10.6 Å². The summed E-state index contributed by atoms with van der Waals surface area (Å²) in [5, 5.41) is 5.68. The monoisotopic (exact) mass is 407 g/mol. The number of aryl methyl sites for hydroxylation is 1. The van der Waals surface area contributed by atoms with Crippen molar-refractivity contribution in [2.24, 2.45) is 5.73 Å². The van der Waals surface area contributed by atoms with Gasteiger partial charge in [-0.1, -0.05) is 32.0 Å². The molecule has 0 spiro atoms. The summed E-state index contributed by atoms with van der Waals surface area (Å²) < 4.78 is 13.8. The maximum Gasteiger partial charge on any atom is 0.258 e. The van der Waals surface area contributed by atoms with Crippen molar-refractivity contribution in [2.45, 2.75) is 39.2 Å². The van der Waals surface area contributed by atoms with E-state index < -0.39 is 17.3 Å². The van der Waals surface area contributed by atoms with Crippen molar-refractivity contribution in [1.82, 2.24) is 5.32 Å². The summed E-state index contributed by atoms with van der Waals surface area (Å²) in [5.74, 6) is -1.42. The van der Waals surface area contributed by atoms with Gasteiger partial charge in [-0.15, -0.1) is 12.4 Å². The Bertz CT molecular complexity index is 830. The van der Waals surface area contributed by atoms with Crippen molar-refractivity contribution in [1.29, 1.82) is 0 Å². The Hall–Kier alpha value is -2.44. The summed E-state index contributed by atoms with van der Waals surface area (Å²) in [6.07, 6.45) is 1.43. The molecule has 2 aromatic carbocycles. The minimum Gasteiger partial charge on any atom is -0.345 e. The van der Waals surface area contributed by atoms with E-state index in [9.17, 15) is 14.0 Å². The van der Waals surface area contributed by atoms with Gasteiger partial charge in [0, 0.05) is 17.8 Å². The lowest BCUT2D eigenvalue weighted by molar-refractivity contribution is 0.0894. The molecule has 5 nitrogen and oxygen atoms in total. The van der Waals surface area contributed by atoms with E-state index in [1.807, 2.05) is 13.8 Å². The summed E-state index contributed by atoms with van der Waals surface area (Å²) >= 11 is 0. The fourth-order valence-corrected chi connectivity index (χ4v) is 2.81. The third kappa shape index (κ3) is 5.30. The maximum absolute atomic E-state index is 13.8. The average Bonchev–Trinajstić information content (AvgIpc) is 2.68. The van der Waals surface area contributed by atoms with Gasteiger partial charge in [0.05, 0.1) is 11.1 Å². The molecule has 0 saturated heterocycles. The lowest BCUT2D eigenvalue weighted by Crippen LogP contribution is -2.52. The van der Waals surface area contributed by atoms with Gasteiger partial charge in [-0.2, -0.15) is 0 Å². The van der Waals surface area contributed by atoms with E-state index in [0.29, 0.717) is 30.6 Å². The van der Waals surface area contributed by atoms with Gasteiger partial charge in [0.2, 0.25) is 0 Å². The van der Waals surface area contributed by atoms with E-state index in [1.165, 1.54) is 18.2 Å². The highest BCUT2D eigenvalue weighted by atomic mass is 35.5. The topological polar surface area (TPSA) is 84.2 Å². The molecule has 0 radical (unpaired) electrons. The SMILES string of the molecule is CCC(CC)(CN)NC(=O)c1ccc(C)c(NC(=O)c2ccccc2F)c1.Cl. The van der Waals surface area contributed by atoms with E-state index in [0.717, 1.165) is 5.56 Å². The minimum atomic E-state index is -0.597. The van der Waals surface area contributed by atoms with Gasteiger partial charge in [0.1, 0.15) is 5.82 Å². The first-order valence-electron chi connectivity index (χ1n) is 9.05. The van der Waals surface area contributed by atoms with Crippen LogP contribution in [0, 0.1) is 12.7 Å². The summed E-state index contributed by atoms with van der Waals surface area (Å²) in [4.78, 5) is 25.0. The van der Waals surface area contributed by atoms with Crippen molar-refractivity contribution in [3.63, 3.8) is 0 Å². The Morgan fingerprint density at radius 3 is 2.29 bits per heavy atom. The van der Waals surface area contributed by atoms with Crippen LogP contribution < -0.4 is 16.4 Å². The van der Waals surface area contributed by atoms with Gasteiger partial charge in [0.15, 0.2) is 0 Å². The number of hydrogen-bond acceptors (Lipinski definition) is 3.